The average Bonchev–Trinajstić information content (AvgIpc) is 3.02. The summed E-state index contributed by atoms with van der Waals surface area (Å²) in [4.78, 5) is 4.39. The molecule has 0 saturated heterocycles. The molecule has 3 rings (SSSR count). The number of fused-ring (bicyclic) bond motifs is 2. The van der Waals surface area contributed by atoms with Gasteiger partial charge in [-0.05, 0) is 42.9 Å². The van der Waals surface area contributed by atoms with Crippen molar-refractivity contribution in [2.45, 2.75) is 38.5 Å². The monoisotopic (exact) mass is 234 g/mol. The number of aryl methyl sites for hydroxylation is 2. The number of hydrogen-bond donors (Lipinski definition) is 1. The van der Waals surface area contributed by atoms with Crippen LogP contribution in [0.1, 0.15) is 37.9 Å². The first-order valence-corrected chi connectivity index (χ1v) is 6.80. The summed E-state index contributed by atoms with van der Waals surface area (Å²) < 4.78 is 2.10. The average molecular weight is 234 g/mol. The van der Waals surface area contributed by atoms with Gasteiger partial charge < -0.3 is 9.67 Å². The van der Waals surface area contributed by atoms with Crippen molar-refractivity contribution in [3.8, 4) is 0 Å². The van der Waals surface area contributed by atoms with Crippen LogP contribution in [-0.2, 0) is 13.5 Å². The Kier molecular flexibility index (Phi) is 2.74. The second kappa shape index (κ2) is 4.13. The van der Waals surface area contributed by atoms with E-state index in [0.717, 1.165) is 30.5 Å². The van der Waals surface area contributed by atoms with Crippen molar-refractivity contribution in [3.63, 3.8) is 0 Å². The van der Waals surface area contributed by atoms with Crippen molar-refractivity contribution in [3.05, 3.63) is 18.2 Å². The van der Waals surface area contributed by atoms with Gasteiger partial charge in [0.1, 0.15) is 5.82 Å². The highest BCUT2D eigenvalue weighted by Crippen LogP contribution is 2.57. The molecule has 3 atom stereocenters. The van der Waals surface area contributed by atoms with Crippen LogP contribution in [0.4, 0.5) is 0 Å². The molecule has 2 aliphatic carbocycles. The largest absolute Gasteiger partial charge is 0.396 e. The summed E-state index contributed by atoms with van der Waals surface area (Å²) in [6.45, 7) is 0.374. The van der Waals surface area contributed by atoms with E-state index >= 15 is 0 Å². The second-order valence-corrected chi connectivity index (χ2v) is 6.05. The molecule has 0 spiro atoms. The third kappa shape index (κ3) is 1.81. The van der Waals surface area contributed by atoms with Crippen molar-refractivity contribution in [2.75, 3.05) is 6.61 Å². The Labute approximate surface area is 103 Å². The maximum Gasteiger partial charge on any atom is 0.108 e. The maximum atomic E-state index is 9.81. The van der Waals surface area contributed by atoms with E-state index < -0.39 is 0 Å². The summed E-state index contributed by atoms with van der Waals surface area (Å²) in [7, 11) is 2.05. The number of aliphatic hydroxyl groups is 1. The smallest absolute Gasteiger partial charge is 0.108 e. The van der Waals surface area contributed by atoms with E-state index in [4.69, 9.17) is 0 Å². The first-order chi connectivity index (χ1) is 8.23. The van der Waals surface area contributed by atoms with Gasteiger partial charge in [0.05, 0.1) is 0 Å². The zero-order valence-corrected chi connectivity index (χ0v) is 10.6. The van der Waals surface area contributed by atoms with Gasteiger partial charge in [0.25, 0.3) is 0 Å². The van der Waals surface area contributed by atoms with Gasteiger partial charge in [-0.3, -0.25) is 0 Å². The lowest BCUT2D eigenvalue weighted by molar-refractivity contribution is 0.0559. The zero-order valence-electron chi connectivity index (χ0n) is 10.6. The predicted octanol–water partition coefficient (Wildman–Crippen LogP) is 2.15. The first kappa shape index (κ1) is 11.3. The third-order valence-corrected chi connectivity index (χ3v) is 5.18. The van der Waals surface area contributed by atoms with Gasteiger partial charge >= 0.3 is 0 Å². The van der Waals surface area contributed by atoms with Crippen LogP contribution in [0.5, 0.6) is 0 Å². The lowest BCUT2D eigenvalue weighted by atomic mass is 9.71. The van der Waals surface area contributed by atoms with Crippen LogP contribution in [0.15, 0.2) is 12.4 Å². The summed E-state index contributed by atoms with van der Waals surface area (Å²) in [5.74, 6) is 2.83. The molecule has 1 aromatic heterocycles. The number of aromatic nitrogens is 2. The van der Waals surface area contributed by atoms with Gasteiger partial charge in [-0.15, -0.1) is 0 Å². The normalized spacial score (nSPS) is 35.6. The molecule has 2 bridgehead atoms. The van der Waals surface area contributed by atoms with Gasteiger partial charge in [0.2, 0.25) is 0 Å². The van der Waals surface area contributed by atoms with Gasteiger partial charge in [-0.25, -0.2) is 4.98 Å². The van der Waals surface area contributed by atoms with Crippen LogP contribution in [0.25, 0.3) is 0 Å². The summed E-state index contributed by atoms with van der Waals surface area (Å²) in [5, 5.41) is 9.81. The molecule has 3 nitrogen and oxygen atoms in total. The molecule has 94 valence electrons. The number of rotatable bonds is 4. The quantitative estimate of drug-likeness (QED) is 0.867. The molecule has 1 N–H and O–H groups in total. The SMILES string of the molecule is Cn1ccnc1CCC1(CO)CC2CCC1C2. The number of nitrogens with zero attached hydrogens (tertiary/aromatic N) is 2. The van der Waals surface area contributed by atoms with E-state index in [2.05, 4.69) is 16.6 Å². The minimum atomic E-state index is 0.217. The molecule has 0 radical (unpaired) electrons. The zero-order chi connectivity index (χ0) is 11.9. The fourth-order valence-electron chi connectivity index (χ4n) is 4.14. The van der Waals surface area contributed by atoms with Crippen molar-refractivity contribution in [1.82, 2.24) is 9.55 Å². The highest BCUT2D eigenvalue weighted by Gasteiger charge is 2.49. The number of imidazole rings is 1. The molecular weight excluding hydrogens is 212 g/mol. The molecule has 1 heterocycles. The first-order valence-electron chi connectivity index (χ1n) is 6.80. The molecular formula is C14H22N2O. The van der Waals surface area contributed by atoms with Crippen molar-refractivity contribution in [1.29, 1.82) is 0 Å². The summed E-state index contributed by atoms with van der Waals surface area (Å²) in [5.41, 5.74) is 0.217. The Hall–Kier alpha value is -0.830. The molecule has 1 aromatic rings. The minimum absolute atomic E-state index is 0.217. The van der Waals surface area contributed by atoms with E-state index in [0.29, 0.717) is 6.61 Å². The van der Waals surface area contributed by atoms with Crippen LogP contribution in [0, 0.1) is 17.3 Å². The van der Waals surface area contributed by atoms with Crippen molar-refractivity contribution in [2.24, 2.45) is 24.3 Å². The minimum Gasteiger partial charge on any atom is -0.396 e. The Balaban J connectivity index is 1.69. The molecule has 0 aliphatic heterocycles. The number of hydrogen-bond acceptors (Lipinski definition) is 2. The lowest BCUT2D eigenvalue weighted by Gasteiger charge is -2.36. The Morgan fingerprint density at radius 2 is 2.41 bits per heavy atom. The summed E-state index contributed by atoms with van der Waals surface area (Å²) in [6.07, 6.45) is 11.3. The van der Waals surface area contributed by atoms with Gasteiger partial charge in [-0.1, -0.05) is 6.42 Å². The van der Waals surface area contributed by atoms with E-state index in [-0.39, 0.29) is 5.41 Å². The summed E-state index contributed by atoms with van der Waals surface area (Å²) >= 11 is 0. The fourth-order valence-corrected chi connectivity index (χ4v) is 4.14. The fraction of sp³-hybridized carbons (Fsp3) is 0.786. The van der Waals surface area contributed by atoms with E-state index in [1.54, 1.807) is 0 Å². The van der Waals surface area contributed by atoms with Gasteiger partial charge in [0.15, 0.2) is 0 Å². The molecule has 3 unspecified atom stereocenters. The van der Waals surface area contributed by atoms with E-state index in [1.165, 1.54) is 25.7 Å². The summed E-state index contributed by atoms with van der Waals surface area (Å²) in [6, 6.07) is 0. The van der Waals surface area contributed by atoms with Crippen LogP contribution in [0.2, 0.25) is 0 Å². The molecule has 2 aliphatic rings. The van der Waals surface area contributed by atoms with E-state index in [1.807, 2.05) is 12.4 Å². The molecule has 3 heteroatoms. The van der Waals surface area contributed by atoms with Crippen LogP contribution in [0.3, 0.4) is 0 Å². The van der Waals surface area contributed by atoms with Crippen LogP contribution < -0.4 is 0 Å². The van der Waals surface area contributed by atoms with Crippen molar-refractivity contribution >= 4 is 0 Å². The Morgan fingerprint density at radius 3 is 2.94 bits per heavy atom. The molecule has 17 heavy (non-hydrogen) atoms. The lowest BCUT2D eigenvalue weighted by Crippen LogP contribution is -2.32. The predicted molar refractivity (Wildman–Crippen MR) is 66.5 cm³/mol. The van der Waals surface area contributed by atoms with Gasteiger partial charge in [0, 0.05) is 32.5 Å². The van der Waals surface area contributed by atoms with E-state index in [9.17, 15) is 5.11 Å². The topological polar surface area (TPSA) is 38.0 Å². The van der Waals surface area contributed by atoms with Gasteiger partial charge in [-0.2, -0.15) is 0 Å². The third-order valence-electron chi connectivity index (χ3n) is 5.18. The molecule has 0 amide bonds. The van der Waals surface area contributed by atoms with Crippen LogP contribution in [-0.4, -0.2) is 21.3 Å². The molecule has 2 fully saturated rings. The number of aliphatic hydroxyl groups excluding tert-OH is 1. The highest BCUT2D eigenvalue weighted by molar-refractivity contribution is 5.02. The standard InChI is InChI=1S/C14H22N2O/c1-16-7-6-15-13(16)4-5-14(10-17)9-11-2-3-12(14)8-11/h6-7,11-12,17H,2-5,8-10H2,1H3. The van der Waals surface area contributed by atoms with Crippen LogP contribution >= 0.6 is 0 Å². The Morgan fingerprint density at radius 1 is 1.53 bits per heavy atom. The second-order valence-electron chi connectivity index (χ2n) is 6.05. The maximum absolute atomic E-state index is 9.81. The molecule has 0 aromatic carbocycles. The molecule has 2 saturated carbocycles. The van der Waals surface area contributed by atoms with Crippen molar-refractivity contribution < 1.29 is 5.11 Å². The Bertz CT molecular complexity index is 401. The highest BCUT2D eigenvalue weighted by atomic mass is 16.3.